The number of para-hydroxylation sites is 1. The van der Waals surface area contributed by atoms with Gasteiger partial charge in [-0.2, -0.15) is 0 Å². The molecule has 1 aromatic heterocycles. The molecule has 21 heavy (non-hydrogen) atoms. The van der Waals surface area contributed by atoms with E-state index in [1.54, 1.807) is 18.3 Å². The van der Waals surface area contributed by atoms with E-state index >= 15 is 0 Å². The highest BCUT2D eigenvalue weighted by molar-refractivity contribution is 5.69. The predicted molar refractivity (Wildman–Crippen MR) is 82.7 cm³/mol. The number of rotatable bonds is 3. The number of piperidine rings is 1. The molecule has 0 aliphatic carbocycles. The maximum Gasteiger partial charge on any atom is 0.220 e. The average Bonchev–Trinajstić information content (AvgIpc) is 2.51. The number of aromatic nitrogens is 2. The number of hydrogen-bond acceptors (Lipinski definition) is 5. The fraction of sp³-hybridized carbons (Fsp3) is 0.375. The van der Waals surface area contributed by atoms with Crippen LogP contribution in [0.15, 0.2) is 30.5 Å². The van der Waals surface area contributed by atoms with Crippen molar-refractivity contribution in [3.05, 3.63) is 36.0 Å². The Hall–Kier alpha value is -2.14. The topological polar surface area (TPSA) is 75.3 Å². The van der Waals surface area contributed by atoms with E-state index in [1.165, 1.54) is 19.3 Å². The summed E-state index contributed by atoms with van der Waals surface area (Å²) in [6.45, 7) is 3.00. The van der Waals surface area contributed by atoms with Crippen LogP contribution in [-0.2, 0) is 6.54 Å². The molecule has 1 fully saturated rings. The molecule has 0 unspecified atom stereocenters. The third kappa shape index (κ3) is 3.13. The maximum atomic E-state index is 10.1. The van der Waals surface area contributed by atoms with E-state index in [-0.39, 0.29) is 11.7 Å². The molecule has 2 heterocycles. The Morgan fingerprint density at radius 3 is 2.67 bits per heavy atom. The molecule has 5 heteroatoms. The van der Waals surface area contributed by atoms with Crippen LogP contribution in [0.5, 0.6) is 5.75 Å². The number of phenols is 1. The quantitative estimate of drug-likeness (QED) is 0.905. The number of benzene rings is 1. The van der Waals surface area contributed by atoms with Crippen LogP contribution in [0.4, 0.5) is 5.95 Å². The first-order valence-electron chi connectivity index (χ1n) is 7.36. The molecule has 0 saturated carbocycles. The molecule has 1 saturated heterocycles. The smallest absolute Gasteiger partial charge is 0.220 e. The lowest BCUT2D eigenvalue weighted by Crippen LogP contribution is -2.29. The Kier molecular flexibility index (Phi) is 4.01. The lowest BCUT2D eigenvalue weighted by atomic mass is 10.0. The molecule has 5 nitrogen and oxygen atoms in total. The number of likely N-dealkylation sites (tertiary alicyclic amines) is 1. The summed E-state index contributed by atoms with van der Waals surface area (Å²) in [6.07, 6.45) is 5.56. The molecular formula is C16H20N4O. The van der Waals surface area contributed by atoms with Crippen LogP contribution >= 0.6 is 0 Å². The number of anilines is 1. The van der Waals surface area contributed by atoms with Crippen LogP contribution in [0.25, 0.3) is 11.3 Å². The van der Waals surface area contributed by atoms with Gasteiger partial charge in [0.2, 0.25) is 5.95 Å². The summed E-state index contributed by atoms with van der Waals surface area (Å²) in [7, 11) is 0. The Bertz CT molecular complexity index is 623. The summed E-state index contributed by atoms with van der Waals surface area (Å²) in [4.78, 5) is 10.9. The first kappa shape index (κ1) is 13.8. The molecule has 3 rings (SSSR count). The van der Waals surface area contributed by atoms with Crippen molar-refractivity contribution in [2.24, 2.45) is 0 Å². The van der Waals surface area contributed by atoms with Gasteiger partial charge in [-0.15, -0.1) is 0 Å². The Morgan fingerprint density at radius 2 is 1.90 bits per heavy atom. The number of nitrogens with two attached hydrogens (primary N) is 1. The molecule has 1 aliphatic rings. The van der Waals surface area contributed by atoms with Crippen molar-refractivity contribution >= 4 is 5.95 Å². The van der Waals surface area contributed by atoms with Crippen LogP contribution in [-0.4, -0.2) is 33.1 Å². The highest BCUT2D eigenvalue weighted by Gasteiger charge is 2.16. The van der Waals surface area contributed by atoms with Gasteiger partial charge in [-0.3, -0.25) is 4.90 Å². The van der Waals surface area contributed by atoms with Crippen LogP contribution in [0.2, 0.25) is 0 Å². The normalized spacial score (nSPS) is 16.0. The number of hydrogen-bond donors (Lipinski definition) is 2. The lowest BCUT2D eigenvalue weighted by molar-refractivity contribution is 0.221. The first-order chi connectivity index (χ1) is 10.2. The molecule has 0 atom stereocenters. The minimum Gasteiger partial charge on any atom is -0.507 e. The summed E-state index contributed by atoms with van der Waals surface area (Å²) < 4.78 is 0. The largest absolute Gasteiger partial charge is 0.507 e. The fourth-order valence-corrected chi connectivity index (χ4v) is 2.80. The molecule has 110 valence electrons. The van der Waals surface area contributed by atoms with Gasteiger partial charge in [0.1, 0.15) is 5.75 Å². The first-order valence-corrected chi connectivity index (χ1v) is 7.36. The molecule has 0 bridgehead atoms. The van der Waals surface area contributed by atoms with Gasteiger partial charge in [-0.1, -0.05) is 18.6 Å². The van der Waals surface area contributed by atoms with Crippen molar-refractivity contribution in [3.8, 4) is 17.0 Å². The molecule has 2 aromatic rings. The van der Waals surface area contributed by atoms with Gasteiger partial charge in [-0.05, 0) is 38.1 Å². The molecular weight excluding hydrogens is 264 g/mol. The summed E-state index contributed by atoms with van der Waals surface area (Å²) in [5, 5.41) is 10.1. The van der Waals surface area contributed by atoms with E-state index in [0.29, 0.717) is 5.56 Å². The van der Waals surface area contributed by atoms with E-state index in [1.807, 2.05) is 12.1 Å². The Morgan fingerprint density at radius 1 is 1.14 bits per heavy atom. The molecule has 3 N–H and O–H groups in total. The van der Waals surface area contributed by atoms with Crippen molar-refractivity contribution in [2.45, 2.75) is 25.8 Å². The summed E-state index contributed by atoms with van der Waals surface area (Å²) in [5.41, 5.74) is 8.17. The number of nitrogen functional groups attached to an aromatic ring is 1. The van der Waals surface area contributed by atoms with E-state index in [4.69, 9.17) is 5.73 Å². The minimum absolute atomic E-state index is 0.218. The molecule has 1 aliphatic heterocycles. The summed E-state index contributed by atoms with van der Waals surface area (Å²) in [6, 6.07) is 7.21. The van der Waals surface area contributed by atoms with Crippen molar-refractivity contribution < 1.29 is 5.11 Å². The zero-order chi connectivity index (χ0) is 14.7. The zero-order valence-electron chi connectivity index (χ0n) is 12.0. The van der Waals surface area contributed by atoms with Crippen molar-refractivity contribution in [1.29, 1.82) is 0 Å². The SMILES string of the molecule is Nc1ncc(CN2CCCCC2)c(-c2ccccc2O)n1. The van der Waals surface area contributed by atoms with Crippen molar-refractivity contribution in [2.75, 3.05) is 18.8 Å². The predicted octanol–water partition coefficient (Wildman–Crippen LogP) is 2.42. The molecule has 1 aromatic carbocycles. The van der Waals surface area contributed by atoms with E-state index in [2.05, 4.69) is 14.9 Å². The second-order valence-electron chi connectivity index (χ2n) is 5.46. The van der Waals surface area contributed by atoms with Gasteiger partial charge in [0.05, 0.1) is 5.69 Å². The maximum absolute atomic E-state index is 10.1. The molecule has 0 spiro atoms. The van der Waals surface area contributed by atoms with Gasteiger partial charge in [0.25, 0.3) is 0 Å². The lowest BCUT2D eigenvalue weighted by Gasteiger charge is -2.27. The summed E-state index contributed by atoms with van der Waals surface area (Å²) >= 11 is 0. The third-order valence-corrected chi connectivity index (χ3v) is 3.88. The van der Waals surface area contributed by atoms with E-state index in [9.17, 15) is 5.11 Å². The van der Waals surface area contributed by atoms with E-state index < -0.39 is 0 Å². The summed E-state index contributed by atoms with van der Waals surface area (Å²) in [5.74, 6) is 0.450. The number of phenolic OH excluding ortho intramolecular Hbond substituents is 1. The zero-order valence-corrected chi connectivity index (χ0v) is 12.0. The van der Waals surface area contributed by atoms with Gasteiger partial charge < -0.3 is 10.8 Å². The standard InChI is InChI=1S/C16H20N4O/c17-16-18-10-12(11-20-8-4-1-5-9-20)15(19-16)13-6-2-3-7-14(13)21/h2-3,6-7,10,21H,1,4-5,8-9,11H2,(H2,17,18,19). The second kappa shape index (κ2) is 6.10. The van der Waals surface area contributed by atoms with Crippen LogP contribution in [0, 0.1) is 0 Å². The molecule has 0 radical (unpaired) electrons. The van der Waals surface area contributed by atoms with Crippen molar-refractivity contribution in [1.82, 2.24) is 14.9 Å². The Balaban J connectivity index is 1.95. The van der Waals surface area contributed by atoms with Crippen LogP contribution in [0.1, 0.15) is 24.8 Å². The van der Waals surface area contributed by atoms with Gasteiger partial charge in [0, 0.05) is 23.9 Å². The van der Waals surface area contributed by atoms with Gasteiger partial charge >= 0.3 is 0 Å². The number of nitrogens with zero attached hydrogens (tertiary/aromatic N) is 3. The van der Waals surface area contributed by atoms with Crippen LogP contribution in [0.3, 0.4) is 0 Å². The van der Waals surface area contributed by atoms with Gasteiger partial charge in [0.15, 0.2) is 0 Å². The van der Waals surface area contributed by atoms with Crippen molar-refractivity contribution in [3.63, 3.8) is 0 Å². The second-order valence-corrected chi connectivity index (χ2v) is 5.46. The highest BCUT2D eigenvalue weighted by Crippen LogP contribution is 2.30. The molecule has 0 amide bonds. The Labute approximate surface area is 124 Å². The highest BCUT2D eigenvalue weighted by atomic mass is 16.3. The minimum atomic E-state index is 0.218. The van der Waals surface area contributed by atoms with Crippen LogP contribution < -0.4 is 5.73 Å². The monoisotopic (exact) mass is 284 g/mol. The number of aromatic hydroxyl groups is 1. The average molecular weight is 284 g/mol. The fourth-order valence-electron chi connectivity index (χ4n) is 2.80. The third-order valence-electron chi connectivity index (χ3n) is 3.88. The van der Waals surface area contributed by atoms with Gasteiger partial charge in [-0.25, -0.2) is 9.97 Å². The van der Waals surface area contributed by atoms with E-state index in [0.717, 1.165) is 30.9 Å².